The van der Waals surface area contributed by atoms with Crippen molar-refractivity contribution in [2.24, 2.45) is 10.7 Å². The van der Waals surface area contributed by atoms with Crippen molar-refractivity contribution in [2.45, 2.75) is 45.1 Å². The Balaban J connectivity index is 1.93. The molecule has 0 spiro atoms. The van der Waals surface area contributed by atoms with E-state index in [1.807, 2.05) is 0 Å². The number of nitrogens with zero attached hydrogens (tertiary/aromatic N) is 1. The van der Waals surface area contributed by atoms with Crippen LogP contribution in [0.3, 0.4) is 0 Å². The van der Waals surface area contributed by atoms with Crippen LogP contribution in [0.2, 0.25) is 0 Å². The molecule has 0 radical (unpaired) electrons. The number of rotatable bonds is 5. The minimum Gasteiger partial charge on any atom is -0.463 e. The van der Waals surface area contributed by atoms with Crippen molar-refractivity contribution in [3.63, 3.8) is 0 Å². The molecule has 1 aromatic carbocycles. The third kappa shape index (κ3) is 3.25. The summed E-state index contributed by atoms with van der Waals surface area (Å²) in [5.41, 5.74) is 8.29. The molecule has 0 aromatic heterocycles. The smallest absolute Gasteiger partial charge is 0.282 e. The van der Waals surface area contributed by atoms with E-state index >= 15 is 0 Å². The minimum absolute atomic E-state index is 0.254. The lowest BCUT2D eigenvalue weighted by atomic mass is 9.90. The van der Waals surface area contributed by atoms with Crippen molar-refractivity contribution in [1.82, 2.24) is 0 Å². The zero-order valence-electron chi connectivity index (χ0n) is 11.2. The van der Waals surface area contributed by atoms with E-state index in [1.54, 1.807) is 0 Å². The number of ether oxygens (including phenoxy) is 1. The average Bonchev–Trinajstić information content (AvgIpc) is 2.76. The second-order valence-electron chi connectivity index (χ2n) is 5.03. The highest BCUT2D eigenvalue weighted by Crippen LogP contribution is 2.27. The summed E-state index contributed by atoms with van der Waals surface area (Å²) in [5, 5.41) is 0. The highest BCUT2D eigenvalue weighted by Gasteiger charge is 2.18. The number of benzene rings is 1. The zero-order chi connectivity index (χ0) is 13.0. The maximum absolute atomic E-state index is 5.52. The Labute approximate surface area is 109 Å². The molecule has 0 fully saturated rings. The first-order valence-electron chi connectivity index (χ1n) is 6.71. The summed E-state index contributed by atoms with van der Waals surface area (Å²) >= 11 is 0. The van der Waals surface area contributed by atoms with Crippen LogP contribution >= 0.6 is 0 Å². The molecule has 98 valence electrons. The minimum atomic E-state index is 0.254. The molecule has 1 aliphatic rings. The van der Waals surface area contributed by atoms with Gasteiger partial charge in [0.2, 0.25) is 0 Å². The lowest BCUT2D eigenvalue weighted by Gasteiger charge is -2.16. The van der Waals surface area contributed by atoms with E-state index in [0.29, 0.717) is 18.5 Å². The molecule has 0 bridgehead atoms. The van der Waals surface area contributed by atoms with E-state index in [4.69, 9.17) is 10.5 Å². The molecule has 2 unspecified atom stereocenters. The normalized spacial score (nSPS) is 20.3. The van der Waals surface area contributed by atoms with Crippen molar-refractivity contribution in [3.05, 3.63) is 35.4 Å². The topological polar surface area (TPSA) is 47.6 Å². The number of amidine groups is 1. The maximum Gasteiger partial charge on any atom is 0.282 e. The van der Waals surface area contributed by atoms with Crippen LogP contribution in [-0.2, 0) is 4.74 Å². The lowest BCUT2D eigenvalue weighted by Crippen LogP contribution is -2.10. The zero-order valence-corrected chi connectivity index (χ0v) is 11.2. The molecule has 1 aromatic rings. The van der Waals surface area contributed by atoms with E-state index in [1.165, 1.54) is 11.1 Å². The number of hydrogen-bond donors (Lipinski definition) is 1. The van der Waals surface area contributed by atoms with Gasteiger partial charge in [-0.05, 0) is 37.7 Å². The number of nitrogens with two attached hydrogens (primary N) is 1. The molecule has 3 heteroatoms. The maximum atomic E-state index is 5.52. The van der Waals surface area contributed by atoms with Crippen LogP contribution in [0.1, 0.15) is 43.2 Å². The van der Waals surface area contributed by atoms with Crippen molar-refractivity contribution in [3.8, 4) is 0 Å². The first-order valence-corrected chi connectivity index (χ1v) is 6.71. The predicted molar refractivity (Wildman–Crippen MR) is 74.8 cm³/mol. The third-order valence-electron chi connectivity index (χ3n) is 3.59. The first-order chi connectivity index (χ1) is 8.69. The molecule has 2 atom stereocenters. The Hall–Kier alpha value is -1.51. The lowest BCUT2D eigenvalue weighted by molar-refractivity contribution is 0.303. The quantitative estimate of drug-likeness (QED) is 0.868. The first kappa shape index (κ1) is 12.9. The molecule has 3 nitrogen and oxygen atoms in total. The average molecular weight is 246 g/mol. The van der Waals surface area contributed by atoms with Gasteiger partial charge in [-0.2, -0.15) is 0 Å². The van der Waals surface area contributed by atoms with Gasteiger partial charge < -0.3 is 10.5 Å². The van der Waals surface area contributed by atoms with Crippen molar-refractivity contribution in [2.75, 3.05) is 6.61 Å². The molecule has 1 heterocycles. The Morgan fingerprint density at radius 1 is 1.50 bits per heavy atom. The standard InChI is InChI=1S/C15H22N2O/c1-3-12(13-6-4-5-11(2)9-13)7-8-14-10-18-15(16)17-14/h4-6,9,12,14H,3,7-8,10H2,1-2H3,(H2,16,17). The molecule has 0 amide bonds. The monoisotopic (exact) mass is 246 g/mol. The summed E-state index contributed by atoms with van der Waals surface area (Å²) in [5.74, 6) is 0.613. The molecule has 18 heavy (non-hydrogen) atoms. The Morgan fingerprint density at radius 2 is 2.33 bits per heavy atom. The van der Waals surface area contributed by atoms with Gasteiger partial charge in [0.15, 0.2) is 0 Å². The van der Waals surface area contributed by atoms with Gasteiger partial charge in [-0.1, -0.05) is 36.8 Å². The second-order valence-corrected chi connectivity index (χ2v) is 5.03. The second kappa shape index (κ2) is 5.89. The molecular formula is C15H22N2O. The molecule has 1 aliphatic heterocycles. The van der Waals surface area contributed by atoms with Crippen molar-refractivity contribution in [1.29, 1.82) is 0 Å². The SMILES string of the molecule is CCC(CCC1COC(N)=N1)c1cccc(C)c1. The van der Waals surface area contributed by atoms with Crippen LogP contribution in [0.25, 0.3) is 0 Å². The van der Waals surface area contributed by atoms with Gasteiger partial charge in [0, 0.05) is 0 Å². The largest absolute Gasteiger partial charge is 0.463 e. The molecule has 0 saturated heterocycles. The van der Waals surface area contributed by atoms with Gasteiger partial charge in [-0.25, -0.2) is 4.99 Å². The van der Waals surface area contributed by atoms with Crippen LogP contribution in [0.4, 0.5) is 0 Å². The molecular weight excluding hydrogens is 224 g/mol. The predicted octanol–water partition coefficient (Wildman–Crippen LogP) is 2.98. The van der Waals surface area contributed by atoms with Crippen LogP contribution in [0.15, 0.2) is 29.3 Å². The number of aryl methyl sites for hydroxylation is 1. The Kier molecular flexibility index (Phi) is 4.24. The highest BCUT2D eigenvalue weighted by atomic mass is 16.5. The van der Waals surface area contributed by atoms with Gasteiger partial charge >= 0.3 is 0 Å². The van der Waals surface area contributed by atoms with Crippen LogP contribution in [0.5, 0.6) is 0 Å². The van der Waals surface area contributed by atoms with Gasteiger partial charge in [0.05, 0.1) is 6.04 Å². The van der Waals surface area contributed by atoms with E-state index in [9.17, 15) is 0 Å². The summed E-state index contributed by atoms with van der Waals surface area (Å²) in [4.78, 5) is 4.28. The Bertz CT molecular complexity index is 428. The van der Waals surface area contributed by atoms with Crippen molar-refractivity contribution < 1.29 is 4.74 Å². The summed E-state index contributed by atoms with van der Waals surface area (Å²) in [6.45, 7) is 5.04. The van der Waals surface area contributed by atoms with Crippen LogP contribution in [-0.4, -0.2) is 18.7 Å². The fourth-order valence-corrected chi connectivity index (χ4v) is 2.51. The van der Waals surface area contributed by atoms with Gasteiger partial charge in [0.1, 0.15) is 6.61 Å². The third-order valence-corrected chi connectivity index (χ3v) is 3.59. The number of aliphatic imine (C=N–C) groups is 1. The van der Waals surface area contributed by atoms with Crippen LogP contribution in [0, 0.1) is 6.92 Å². The van der Waals surface area contributed by atoms with E-state index in [0.717, 1.165) is 19.3 Å². The van der Waals surface area contributed by atoms with Crippen LogP contribution < -0.4 is 5.73 Å². The molecule has 2 N–H and O–H groups in total. The van der Waals surface area contributed by atoms with Gasteiger partial charge in [-0.3, -0.25) is 0 Å². The van der Waals surface area contributed by atoms with E-state index in [-0.39, 0.29) is 6.04 Å². The highest BCUT2D eigenvalue weighted by molar-refractivity contribution is 5.72. The summed E-state index contributed by atoms with van der Waals surface area (Å²) in [6.07, 6.45) is 3.36. The number of hydrogen-bond acceptors (Lipinski definition) is 3. The molecule has 0 aliphatic carbocycles. The molecule has 2 rings (SSSR count). The fraction of sp³-hybridized carbons (Fsp3) is 0.533. The summed E-state index contributed by atoms with van der Waals surface area (Å²) in [7, 11) is 0. The summed E-state index contributed by atoms with van der Waals surface area (Å²) in [6, 6.07) is 9.40. The van der Waals surface area contributed by atoms with Gasteiger partial charge in [0.25, 0.3) is 6.02 Å². The van der Waals surface area contributed by atoms with E-state index < -0.39 is 0 Å². The summed E-state index contributed by atoms with van der Waals surface area (Å²) < 4.78 is 5.18. The fourth-order valence-electron chi connectivity index (χ4n) is 2.51. The van der Waals surface area contributed by atoms with Gasteiger partial charge in [-0.15, -0.1) is 0 Å². The van der Waals surface area contributed by atoms with E-state index in [2.05, 4.69) is 43.1 Å². The Morgan fingerprint density at radius 3 is 2.94 bits per heavy atom. The molecule has 0 saturated carbocycles. The van der Waals surface area contributed by atoms with Crippen molar-refractivity contribution >= 4 is 6.02 Å².